The molecule has 0 aliphatic rings. The predicted molar refractivity (Wildman–Crippen MR) is 68.7 cm³/mol. The SMILES string of the molecule is CCNCC(C)(C)OCCc1ccccc1. The highest BCUT2D eigenvalue weighted by Gasteiger charge is 2.16. The summed E-state index contributed by atoms with van der Waals surface area (Å²) in [6.07, 6.45) is 0.983. The molecule has 1 N–H and O–H groups in total. The van der Waals surface area contributed by atoms with Crippen molar-refractivity contribution in [2.75, 3.05) is 19.7 Å². The van der Waals surface area contributed by atoms with Crippen molar-refractivity contribution in [1.29, 1.82) is 0 Å². The molecule has 0 radical (unpaired) electrons. The van der Waals surface area contributed by atoms with E-state index in [2.05, 4.69) is 50.4 Å². The van der Waals surface area contributed by atoms with E-state index >= 15 is 0 Å². The number of benzene rings is 1. The number of nitrogens with one attached hydrogen (secondary N) is 1. The summed E-state index contributed by atoms with van der Waals surface area (Å²) in [4.78, 5) is 0. The monoisotopic (exact) mass is 221 g/mol. The summed E-state index contributed by atoms with van der Waals surface area (Å²) in [5.41, 5.74) is 1.26. The summed E-state index contributed by atoms with van der Waals surface area (Å²) in [5.74, 6) is 0. The quantitative estimate of drug-likeness (QED) is 0.764. The topological polar surface area (TPSA) is 21.3 Å². The minimum Gasteiger partial charge on any atom is -0.374 e. The molecule has 0 bridgehead atoms. The molecule has 0 heterocycles. The maximum absolute atomic E-state index is 5.87. The molecule has 2 nitrogen and oxygen atoms in total. The van der Waals surface area contributed by atoms with Gasteiger partial charge in [0.15, 0.2) is 0 Å². The van der Waals surface area contributed by atoms with Gasteiger partial charge in [0.1, 0.15) is 0 Å². The van der Waals surface area contributed by atoms with Crippen molar-refractivity contribution >= 4 is 0 Å². The minimum atomic E-state index is -0.0786. The summed E-state index contributed by atoms with van der Waals surface area (Å²) >= 11 is 0. The fourth-order valence-electron chi connectivity index (χ4n) is 1.57. The first-order chi connectivity index (χ1) is 7.64. The molecule has 0 amide bonds. The highest BCUT2D eigenvalue weighted by molar-refractivity contribution is 5.14. The zero-order valence-corrected chi connectivity index (χ0v) is 10.6. The van der Waals surface area contributed by atoms with Crippen molar-refractivity contribution in [2.24, 2.45) is 0 Å². The first-order valence-electron chi connectivity index (χ1n) is 6.02. The van der Waals surface area contributed by atoms with Crippen LogP contribution in [-0.2, 0) is 11.2 Å². The van der Waals surface area contributed by atoms with Crippen molar-refractivity contribution in [1.82, 2.24) is 5.32 Å². The molecular formula is C14H23NO. The number of rotatable bonds is 7. The van der Waals surface area contributed by atoms with Gasteiger partial charge in [-0.2, -0.15) is 0 Å². The fraction of sp³-hybridized carbons (Fsp3) is 0.571. The summed E-state index contributed by atoms with van der Waals surface area (Å²) in [5, 5.41) is 3.31. The molecule has 1 aromatic rings. The lowest BCUT2D eigenvalue weighted by Crippen LogP contribution is -2.38. The number of hydrogen-bond acceptors (Lipinski definition) is 2. The Morgan fingerprint density at radius 3 is 2.50 bits per heavy atom. The number of ether oxygens (including phenoxy) is 1. The van der Waals surface area contributed by atoms with Crippen LogP contribution in [0.2, 0.25) is 0 Å². The summed E-state index contributed by atoms with van der Waals surface area (Å²) in [6.45, 7) is 9.04. The number of hydrogen-bond donors (Lipinski definition) is 1. The molecule has 0 aliphatic carbocycles. The van der Waals surface area contributed by atoms with Crippen LogP contribution in [0.5, 0.6) is 0 Å². The second-order valence-electron chi connectivity index (χ2n) is 4.62. The third kappa shape index (κ3) is 5.29. The van der Waals surface area contributed by atoms with E-state index in [-0.39, 0.29) is 5.60 Å². The predicted octanol–water partition coefficient (Wildman–Crippen LogP) is 2.63. The molecule has 0 saturated carbocycles. The van der Waals surface area contributed by atoms with Crippen molar-refractivity contribution in [3.8, 4) is 0 Å². The van der Waals surface area contributed by atoms with E-state index in [1.807, 2.05) is 6.07 Å². The Hall–Kier alpha value is -0.860. The van der Waals surface area contributed by atoms with Crippen molar-refractivity contribution < 1.29 is 4.74 Å². The molecule has 0 unspecified atom stereocenters. The van der Waals surface area contributed by atoms with Gasteiger partial charge < -0.3 is 10.1 Å². The largest absolute Gasteiger partial charge is 0.374 e. The molecule has 1 aromatic carbocycles. The van der Waals surface area contributed by atoms with Gasteiger partial charge >= 0.3 is 0 Å². The Morgan fingerprint density at radius 1 is 1.19 bits per heavy atom. The smallest absolute Gasteiger partial charge is 0.0750 e. The van der Waals surface area contributed by atoms with Crippen LogP contribution in [0.4, 0.5) is 0 Å². The molecule has 90 valence electrons. The second-order valence-corrected chi connectivity index (χ2v) is 4.62. The van der Waals surface area contributed by atoms with Crippen molar-refractivity contribution in [2.45, 2.75) is 32.8 Å². The van der Waals surface area contributed by atoms with E-state index in [1.54, 1.807) is 0 Å². The van der Waals surface area contributed by atoms with Crippen LogP contribution in [0, 0.1) is 0 Å². The van der Waals surface area contributed by atoms with Gasteiger partial charge in [-0.1, -0.05) is 37.3 Å². The zero-order chi connectivity index (χ0) is 11.9. The minimum absolute atomic E-state index is 0.0786. The average molecular weight is 221 g/mol. The average Bonchev–Trinajstić information content (AvgIpc) is 2.28. The van der Waals surface area contributed by atoms with Gasteiger partial charge in [-0.3, -0.25) is 0 Å². The lowest BCUT2D eigenvalue weighted by molar-refractivity contribution is -0.0142. The van der Waals surface area contributed by atoms with E-state index in [0.717, 1.165) is 26.1 Å². The lowest BCUT2D eigenvalue weighted by atomic mass is 10.1. The van der Waals surface area contributed by atoms with Gasteiger partial charge in [0.25, 0.3) is 0 Å². The lowest BCUT2D eigenvalue weighted by Gasteiger charge is -2.25. The molecule has 0 fully saturated rings. The summed E-state index contributed by atoms with van der Waals surface area (Å²) in [7, 11) is 0. The second kappa shape index (κ2) is 6.66. The molecule has 1 rings (SSSR count). The van der Waals surface area contributed by atoms with Gasteiger partial charge in [-0.15, -0.1) is 0 Å². The fourth-order valence-corrected chi connectivity index (χ4v) is 1.57. The normalized spacial score (nSPS) is 11.7. The van der Waals surface area contributed by atoms with E-state index in [9.17, 15) is 0 Å². The van der Waals surface area contributed by atoms with Gasteiger partial charge in [0.05, 0.1) is 12.2 Å². The first kappa shape index (κ1) is 13.2. The van der Waals surface area contributed by atoms with Crippen molar-refractivity contribution in [3.63, 3.8) is 0 Å². The van der Waals surface area contributed by atoms with Gasteiger partial charge in [-0.05, 0) is 32.4 Å². The maximum Gasteiger partial charge on any atom is 0.0750 e. The summed E-state index contributed by atoms with van der Waals surface area (Å²) < 4.78 is 5.87. The summed E-state index contributed by atoms with van der Waals surface area (Å²) in [6, 6.07) is 10.5. The highest BCUT2D eigenvalue weighted by Crippen LogP contribution is 2.09. The standard InChI is InChI=1S/C14H23NO/c1-4-15-12-14(2,3)16-11-10-13-8-6-5-7-9-13/h5-9,15H,4,10-12H2,1-3H3. The molecule has 0 spiro atoms. The highest BCUT2D eigenvalue weighted by atomic mass is 16.5. The van der Waals surface area contributed by atoms with Crippen LogP contribution in [0.1, 0.15) is 26.3 Å². The van der Waals surface area contributed by atoms with Gasteiger partial charge in [-0.25, -0.2) is 0 Å². The van der Waals surface area contributed by atoms with Crippen LogP contribution in [-0.4, -0.2) is 25.3 Å². The molecular weight excluding hydrogens is 198 g/mol. The zero-order valence-electron chi connectivity index (χ0n) is 10.6. The molecule has 0 saturated heterocycles. The van der Waals surface area contributed by atoms with Crippen LogP contribution >= 0.6 is 0 Å². The molecule has 2 heteroatoms. The third-order valence-electron chi connectivity index (χ3n) is 2.53. The molecule has 16 heavy (non-hydrogen) atoms. The molecule has 0 aliphatic heterocycles. The van der Waals surface area contributed by atoms with Crippen LogP contribution < -0.4 is 5.32 Å². The van der Waals surface area contributed by atoms with Crippen LogP contribution in [0.3, 0.4) is 0 Å². The maximum atomic E-state index is 5.87. The Balaban J connectivity index is 2.24. The van der Waals surface area contributed by atoms with Crippen molar-refractivity contribution in [3.05, 3.63) is 35.9 Å². The van der Waals surface area contributed by atoms with E-state index in [0.29, 0.717) is 0 Å². The molecule has 0 aromatic heterocycles. The Labute approximate surface area is 99.0 Å². The third-order valence-corrected chi connectivity index (χ3v) is 2.53. The van der Waals surface area contributed by atoms with Gasteiger partial charge in [0, 0.05) is 6.54 Å². The van der Waals surface area contributed by atoms with Crippen LogP contribution in [0.15, 0.2) is 30.3 Å². The number of likely N-dealkylation sites (N-methyl/N-ethyl adjacent to an activating group) is 1. The van der Waals surface area contributed by atoms with Gasteiger partial charge in [0.2, 0.25) is 0 Å². The van der Waals surface area contributed by atoms with E-state index < -0.39 is 0 Å². The van der Waals surface area contributed by atoms with E-state index in [4.69, 9.17) is 4.74 Å². The Bertz CT molecular complexity index is 282. The molecule has 0 atom stereocenters. The Morgan fingerprint density at radius 2 is 1.88 bits per heavy atom. The first-order valence-corrected chi connectivity index (χ1v) is 6.02. The van der Waals surface area contributed by atoms with Crippen LogP contribution in [0.25, 0.3) is 0 Å². The Kier molecular flexibility index (Phi) is 5.50. The van der Waals surface area contributed by atoms with E-state index in [1.165, 1.54) is 5.56 Å².